The molecule has 2 amide bonds. The number of pyridine rings is 1. The number of benzene rings is 2. The highest BCUT2D eigenvalue weighted by Gasteiger charge is 2.30. The molecule has 2 aromatic carbocycles. The second-order valence-electron chi connectivity index (χ2n) is 15.0. The maximum absolute atomic E-state index is 12.9. The van der Waals surface area contributed by atoms with Crippen LogP contribution in [0.3, 0.4) is 0 Å². The maximum atomic E-state index is 12.9. The van der Waals surface area contributed by atoms with Crippen LogP contribution in [-0.4, -0.2) is 77.2 Å². The van der Waals surface area contributed by atoms with Crippen molar-refractivity contribution in [3.05, 3.63) is 65.9 Å². The summed E-state index contributed by atoms with van der Waals surface area (Å²) in [6.45, 7) is 16.1. The Kier molecular flexibility index (Phi) is 13.6. The van der Waals surface area contributed by atoms with E-state index in [9.17, 15) is 28.8 Å². The number of nitrogens with zero attached hydrogens (tertiary/aromatic N) is 1. The molecule has 3 rings (SSSR count). The van der Waals surface area contributed by atoms with Crippen molar-refractivity contribution in [3.63, 3.8) is 0 Å². The molecule has 0 radical (unpaired) electrons. The minimum absolute atomic E-state index is 0.109. The van der Waals surface area contributed by atoms with Crippen LogP contribution in [-0.2, 0) is 28.5 Å². The van der Waals surface area contributed by atoms with Gasteiger partial charge in [-0.3, -0.25) is 9.59 Å². The van der Waals surface area contributed by atoms with Gasteiger partial charge in [-0.05, 0) is 82.7 Å². The van der Waals surface area contributed by atoms with E-state index in [0.29, 0.717) is 11.1 Å². The van der Waals surface area contributed by atoms with Gasteiger partial charge in [0.25, 0.3) is 0 Å². The third-order valence-corrected chi connectivity index (χ3v) is 7.39. The molecule has 0 unspecified atom stereocenters. The molecular formula is C39H49N3O10. The van der Waals surface area contributed by atoms with Gasteiger partial charge in [0.1, 0.15) is 29.0 Å². The first-order chi connectivity index (χ1) is 24.1. The SMILES string of the molecule is CC(C)[C@H](NC(=O)OC(C)(C)C)C(=O)OCC(=O)c1ccc(-c2ccc3nc(C(=O)COC(=O)[C@@H](NC(=O)OC(C)(C)C)C(C)C)ccc3c2)cc1. The fourth-order valence-electron chi connectivity index (χ4n) is 4.78. The highest BCUT2D eigenvalue weighted by molar-refractivity contribution is 6.00. The van der Waals surface area contributed by atoms with Gasteiger partial charge in [-0.15, -0.1) is 0 Å². The molecule has 1 aromatic heterocycles. The van der Waals surface area contributed by atoms with Gasteiger partial charge in [-0.2, -0.15) is 0 Å². The number of ether oxygens (including phenoxy) is 4. The number of ketones is 2. The standard InChI is InChI=1S/C39H49N3O10/c1-22(2)32(41-36(47)51-38(5,6)7)34(45)49-20-30(43)25-13-11-24(12-14-25)26-15-17-28-27(19-26)16-18-29(40-28)31(44)21-50-35(46)33(23(3)4)42-37(48)52-39(8,9)10/h11-19,22-23,32-33H,20-21H2,1-10H3,(H,41,47)(H,42,48)/t32-,33-/m0/s1. The number of aromatic nitrogens is 1. The molecule has 2 atom stereocenters. The Hall–Kier alpha value is -5.33. The van der Waals surface area contributed by atoms with Gasteiger partial charge in [0.15, 0.2) is 19.0 Å². The van der Waals surface area contributed by atoms with Gasteiger partial charge < -0.3 is 29.6 Å². The average Bonchev–Trinajstić information content (AvgIpc) is 3.04. The largest absolute Gasteiger partial charge is 0.456 e. The predicted molar refractivity (Wildman–Crippen MR) is 194 cm³/mol. The first kappa shape index (κ1) is 41.1. The fraction of sp³-hybridized carbons (Fsp3) is 0.462. The number of hydrogen-bond donors (Lipinski definition) is 2. The highest BCUT2D eigenvalue weighted by Crippen LogP contribution is 2.25. The highest BCUT2D eigenvalue weighted by atomic mass is 16.6. The summed E-state index contributed by atoms with van der Waals surface area (Å²) in [5, 5.41) is 5.76. The lowest BCUT2D eigenvalue weighted by molar-refractivity contribution is -0.146. The topological polar surface area (TPSA) is 176 Å². The molecule has 1 heterocycles. The number of hydrogen-bond acceptors (Lipinski definition) is 11. The zero-order chi connectivity index (χ0) is 39.0. The average molecular weight is 720 g/mol. The molecule has 0 aliphatic heterocycles. The molecule has 0 aliphatic carbocycles. The van der Waals surface area contributed by atoms with Crippen molar-refractivity contribution in [2.45, 2.75) is 92.5 Å². The number of carbonyl (C=O) groups excluding carboxylic acids is 6. The van der Waals surface area contributed by atoms with E-state index in [2.05, 4.69) is 15.6 Å². The molecule has 0 aliphatic rings. The van der Waals surface area contributed by atoms with E-state index >= 15 is 0 Å². The van der Waals surface area contributed by atoms with Crippen LogP contribution in [0.1, 0.15) is 90.1 Å². The molecule has 52 heavy (non-hydrogen) atoms. The normalized spacial score (nSPS) is 12.8. The smallest absolute Gasteiger partial charge is 0.408 e. The minimum atomic E-state index is -1.01. The number of carbonyl (C=O) groups is 6. The molecule has 2 N–H and O–H groups in total. The maximum Gasteiger partial charge on any atom is 0.408 e. The summed E-state index contributed by atoms with van der Waals surface area (Å²) in [5.41, 5.74) is 1.14. The van der Waals surface area contributed by atoms with Gasteiger partial charge in [0.05, 0.1) is 5.52 Å². The van der Waals surface area contributed by atoms with E-state index in [0.717, 1.165) is 16.5 Å². The van der Waals surface area contributed by atoms with Crippen LogP contribution in [0.5, 0.6) is 0 Å². The Labute approximate surface area is 304 Å². The molecule has 0 bridgehead atoms. The number of rotatable bonds is 13. The Morgan fingerprint density at radius 3 is 1.54 bits per heavy atom. The van der Waals surface area contributed by atoms with Gasteiger partial charge in [0, 0.05) is 10.9 Å². The fourth-order valence-corrected chi connectivity index (χ4v) is 4.78. The van der Waals surface area contributed by atoms with Crippen molar-refractivity contribution in [3.8, 4) is 11.1 Å². The number of fused-ring (bicyclic) bond motifs is 1. The van der Waals surface area contributed by atoms with Crippen molar-refractivity contribution in [1.29, 1.82) is 0 Å². The van der Waals surface area contributed by atoms with Crippen molar-refractivity contribution in [2.24, 2.45) is 11.8 Å². The van der Waals surface area contributed by atoms with Gasteiger partial charge in [0.2, 0.25) is 5.78 Å². The molecule has 280 valence electrons. The number of alkyl carbamates (subject to hydrolysis) is 2. The third kappa shape index (κ3) is 12.5. The second kappa shape index (κ2) is 17.3. The lowest BCUT2D eigenvalue weighted by atomic mass is 10.0. The quantitative estimate of drug-likeness (QED) is 0.113. The summed E-state index contributed by atoms with van der Waals surface area (Å²) in [6.07, 6.45) is -1.52. The number of esters is 2. The first-order valence-corrected chi connectivity index (χ1v) is 17.0. The predicted octanol–water partition coefficient (Wildman–Crippen LogP) is 6.45. The van der Waals surface area contributed by atoms with Crippen molar-refractivity contribution < 1.29 is 47.7 Å². The zero-order valence-corrected chi connectivity index (χ0v) is 31.4. The Morgan fingerprint density at radius 2 is 1.08 bits per heavy atom. The molecule has 13 heteroatoms. The van der Waals surface area contributed by atoms with Crippen LogP contribution in [0.25, 0.3) is 22.0 Å². The lowest BCUT2D eigenvalue weighted by Crippen LogP contribution is -2.47. The van der Waals surface area contributed by atoms with E-state index in [4.69, 9.17) is 18.9 Å². The summed E-state index contributed by atoms with van der Waals surface area (Å²) < 4.78 is 20.9. The van der Waals surface area contributed by atoms with E-state index in [1.54, 1.807) is 106 Å². The van der Waals surface area contributed by atoms with Crippen LogP contribution in [0, 0.1) is 11.8 Å². The summed E-state index contributed by atoms with van der Waals surface area (Å²) in [7, 11) is 0. The third-order valence-electron chi connectivity index (χ3n) is 7.39. The van der Waals surface area contributed by atoms with Crippen molar-refractivity contribution >= 4 is 46.6 Å². The monoisotopic (exact) mass is 719 g/mol. The van der Waals surface area contributed by atoms with Crippen molar-refractivity contribution in [2.75, 3.05) is 13.2 Å². The Balaban J connectivity index is 1.60. The first-order valence-electron chi connectivity index (χ1n) is 17.0. The minimum Gasteiger partial charge on any atom is -0.456 e. The van der Waals surface area contributed by atoms with E-state index in [1.807, 2.05) is 12.1 Å². The van der Waals surface area contributed by atoms with Crippen LogP contribution < -0.4 is 10.6 Å². The zero-order valence-electron chi connectivity index (χ0n) is 31.4. The lowest BCUT2D eigenvalue weighted by Gasteiger charge is -2.24. The van der Waals surface area contributed by atoms with Gasteiger partial charge >= 0.3 is 24.1 Å². The second-order valence-corrected chi connectivity index (χ2v) is 15.0. The van der Waals surface area contributed by atoms with Crippen LogP contribution in [0.15, 0.2) is 54.6 Å². The molecule has 3 aromatic rings. The molecule has 0 saturated carbocycles. The van der Waals surface area contributed by atoms with Gasteiger partial charge in [-0.1, -0.05) is 64.1 Å². The number of amides is 2. The van der Waals surface area contributed by atoms with Crippen LogP contribution in [0.2, 0.25) is 0 Å². The number of Topliss-reactive ketones (excluding diaryl/α,β-unsaturated/α-hetero) is 2. The molecule has 13 nitrogen and oxygen atoms in total. The Morgan fingerprint density at radius 1 is 0.615 bits per heavy atom. The summed E-state index contributed by atoms with van der Waals surface area (Å²) in [5.74, 6) is -3.05. The van der Waals surface area contributed by atoms with E-state index in [1.165, 1.54) is 6.07 Å². The summed E-state index contributed by atoms with van der Waals surface area (Å²) in [6, 6.07) is 13.5. The summed E-state index contributed by atoms with van der Waals surface area (Å²) in [4.78, 5) is 79.9. The molecule has 0 saturated heterocycles. The molecule has 0 fully saturated rings. The van der Waals surface area contributed by atoms with E-state index < -0.39 is 72.2 Å². The van der Waals surface area contributed by atoms with Crippen molar-refractivity contribution in [1.82, 2.24) is 15.6 Å². The molecular weight excluding hydrogens is 670 g/mol. The Bertz CT molecular complexity index is 1790. The van der Waals surface area contributed by atoms with E-state index in [-0.39, 0.29) is 17.5 Å². The number of nitrogens with one attached hydrogen (secondary N) is 2. The molecule has 0 spiro atoms. The van der Waals surface area contributed by atoms with Crippen LogP contribution in [0.4, 0.5) is 9.59 Å². The van der Waals surface area contributed by atoms with Crippen LogP contribution >= 0.6 is 0 Å². The summed E-state index contributed by atoms with van der Waals surface area (Å²) >= 11 is 0. The van der Waals surface area contributed by atoms with Gasteiger partial charge in [-0.25, -0.2) is 24.2 Å².